The molecule has 4 rings (SSSR count). The van der Waals surface area contributed by atoms with Gasteiger partial charge in [-0.15, -0.1) is 0 Å². The molecule has 1 aliphatic heterocycles. The molecule has 1 saturated heterocycles. The second kappa shape index (κ2) is 9.15. The Kier molecular flexibility index (Phi) is 6.15. The number of hydrogen-bond acceptors (Lipinski definition) is 6. The van der Waals surface area contributed by atoms with E-state index in [1.54, 1.807) is 31.4 Å². The maximum absolute atomic E-state index is 12.3. The lowest BCUT2D eigenvalue weighted by molar-refractivity contribution is -0.118. The van der Waals surface area contributed by atoms with Gasteiger partial charge in [-0.05, 0) is 42.5 Å². The minimum Gasteiger partial charge on any atom is -0.497 e. The molecule has 1 fully saturated rings. The Labute approximate surface area is 175 Å². The third-order valence-electron chi connectivity index (χ3n) is 5.16. The Morgan fingerprint density at radius 1 is 1.13 bits per heavy atom. The van der Waals surface area contributed by atoms with Crippen molar-refractivity contribution in [2.45, 2.75) is 6.54 Å². The lowest BCUT2D eigenvalue weighted by atomic mass is 10.2. The van der Waals surface area contributed by atoms with Crippen LogP contribution in [-0.2, 0) is 23.1 Å². The molecule has 0 aliphatic carbocycles. The highest BCUT2D eigenvalue weighted by Crippen LogP contribution is 2.21. The van der Waals surface area contributed by atoms with E-state index in [0.29, 0.717) is 11.4 Å². The molecule has 8 heteroatoms. The number of rotatable bonds is 7. The normalized spacial score (nSPS) is 14.6. The highest BCUT2D eigenvalue weighted by molar-refractivity contribution is 5.94. The molecule has 0 radical (unpaired) electrons. The molecule has 0 atom stereocenters. The van der Waals surface area contributed by atoms with Gasteiger partial charge in [-0.3, -0.25) is 9.69 Å². The molecule has 30 heavy (non-hydrogen) atoms. The van der Waals surface area contributed by atoms with E-state index in [2.05, 4.69) is 14.8 Å². The van der Waals surface area contributed by atoms with E-state index < -0.39 is 0 Å². The number of nitrogens with zero attached hydrogens (tertiary/aromatic N) is 3. The number of carbonyl (C=O) groups is 1. The van der Waals surface area contributed by atoms with Gasteiger partial charge < -0.3 is 24.1 Å². The van der Waals surface area contributed by atoms with Gasteiger partial charge >= 0.3 is 0 Å². The van der Waals surface area contributed by atoms with Crippen LogP contribution < -0.4 is 14.8 Å². The zero-order chi connectivity index (χ0) is 20.9. The maximum atomic E-state index is 12.3. The number of aromatic nitrogens is 2. The van der Waals surface area contributed by atoms with Crippen LogP contribution in [0.3, 0.4) is 0 Å². The number of hydrogen-bond donors (Lipinski definition) is 1. The van der Waals surface area contributed by atoms with Crippen LogP contribution in [-0.4, -0.2) is 60.4 Å². The molecule has 0 spiro atoms. The van der Waals surface area contributed by atoms with Gasteiger partial charge in [-0.1, -0.05) is 0 Å². The van der Waals surface area contributed by atoms with Crippen LogP contribution in [0.4, 0.5) is 5.69 Å². The second-order valence-electron chi connectivity index (χ2n) is 7.19. The molecule has 0 unspecified atom stereocenters. The molecule has 1 N–H and O–H groups in total. The van der Waals surface area contributed by atoms with Crippen LogP contribution in [0.1, 0.15) is 5.82 Å². The Morgan fingerprint density at radius 3 is 2.60 bits per heavy atom. The zero-order valence-corrected chi connectivity index (χ0v) is 17.3. The summed E-state index contributed by atoms with van der Waals surface area (Å²) in [7, 11) is 3.62. The van der Waals surface area contributed by atoms with E-state index in [4.69, 9.17) is 19.2 Å². The Bertz CT molecular complexity index is 1010. The third kappa shape index (κ3) is 4.72. The predicted molar refractivity (Wildman–Crippen MR) is 114 cm³/mol. The second-order valence-corrected chi connectivity index (χ2v) is 7.19. The smallest absolute Gasteiger partial charge is 0.262 e. The van der Waals surface area contributed by atoms with Crippen molar-refractivity contribution < 1.29 is 19.0 Å². The number of imidazole rings is 1. The quantitative estimate of drug-likeness (QED) is 0.645. The third-order valence-corrected chi connectivity index (χ3v) is 5.16. The van der Waals surface area contributed by atoms with Crippen molar-refractivity contribution in [3.05, 3.63) is 48.3 Å². The van der Waals surface area contributed by atoms with E-state index in [1.807, 2.05) is 25.2 Å². The van der Waals surface area contributed by atoms with Crippen LogP contribution in [0.5, 0.6) is 11.5 Å². The molecule has 158 valence electrons. The molecule has 2 aromatic carbocycles. The summed E-state index contributed by atoms with van der Waals surface area (Å²) in [6.07, 6.45) is 0. The number of benzene rings is 2. The van der Waals surface area contributed by atoms with E-state index in [1.165, 1.54) is 0 Å². The molecular formula is C22H26N4O4. The molecule has 8 nitrogen and oxygen atoms in total. The first kappa shape index (κ1) is 20.2. The summed E-state index contributed by atoms with van der Waals surface area (Å²) < 4.78 is 18.2. The van der Waals surface area contributed by atoms with E-state index in [9.17, 15) is 4.79 Å². The lowest BCUT2D eigenvalue weighted by Crippen LogP contribution is -2.36. The number of fused-ring (bicyclic) bond motifs is 1. The first-order valence-corrected chi connectivity index (χ1v) is 9.94. The molecule has 1 amide bonds. The molecule has 0 saturated carbocycles. The van der Waals surface area contributed by atoms with Gasteiger partial charge in [-0.2, -0.15) is 0 Å². The van der Waals surface area contributed by atoms with E-state index in [0.717, 1.165) is 55.5 Å². The highest BCUT2D eigenvalue weighted by atomic mass is 16.5. The van der Waals surface area contributed by atoms with Gasteiger partial charge in [0, 0.05) is 25.8 Å². The fourth-order valence-corrected chi connectivity index (χ4v) is 3.45. The molecule has 1 aliphatic rings. The summed E-state index contributed by atoms with van der Waals surface area (Å²) in [6.45, 7) is 4.07. The van der Waals surface area contributed by atoms with Crippen molar-refractivity contribution in [3.63, 3.8) is 0 Å². The van der Waals surface area contributed by atoms with Gasteiger partial charge in [-0.25, -0.2) is 4.98 Å². The van der Waals surface area contributed by atoms with Crippen LogP contribution in [0.2, 0.25) is 0 Å². The average molecular weight is 410 g/mol. The largest absolute Gasteiger partial charge is 0.497 e. The number of anilines is 1. The summed E-state index contributed by atoms with van der Waals surface area (Å²) in [4.78, 5) is 19.4. The van der Waals surface area contributed by atoms with Crippen molar-refractivity contribution >= 4 is 22.6 Å². The first-order valence-electron chi connectivity index (χ1n) is 9.94. The number of methoxy groups -OCH3 is 1. The monoisotopic (exact) mass is 410 g/mol. The number of morpholine rings is 1. The van der Waals surface area contributed by atoms with Crippen LogP contribution in [0.25, 0.3) is 11.0 Å². The van der Waals surface area contributed by atoms with Gasteiger partial charge in [0.1, 0.15) is 17.3 Å². The van der Waals surface area contributed by atoms with E-state index >= 15 is 0 Å². The minimum atomic E-state index is -0.227. The first-order chi connectivity index (χ1) is 14.6. The predicted octanol–water partition coefficient (Wildman–Crippen LogP) is 2.43. The summed E-state index contributed by atoms with van der Waals surface area (Å²) in [5, 5.41) is 2.87. The van der Waals surface area contributed by atoms with Crippen molar-refractivity contribution in [1.29, 1.82) is 0 Å². The molecular weight excluding hydrogens is 384 g/mol. The highest BCUT2D eigenvalue weighted by Gasteiger charge is 2.15. The Balaban J connectivity index is 1.38. The fraction of sp³-hybridized carbons (Fsp3) is 0.364. The zero-order valence-electron chi connectivity index (χ0n) is 17.3. The average Bonchev–Trinajstić information content (AvgIpc) is 3.08. The standard InChI is InChI=1S/C22H26N4O4/c1-25-20-8-3-16(13-19(20)24-21(25)14-26-9-11-29-12-10-26)23-22(27)15-30-18-6-4-17(28-2)5-7-18/h3-8,13H,9-12,14-15H2,1-2H3,(H,23,27). The SMILES string of the molecule is COc1ccc(OCC(=O)Nc2ccc3c(c2)nc(CN2CCOCC2)n3C)cc1. The Hall–Kier alpha value is -3.10. The number of aryl methyl sites for hydroxylation is 1. The summed E-state index contributed by atoms with van der Waals surface area (Å²) in [6, 6.07) is 12.9. The van der Waals surface area contributed by atoms with Crippen molar-refractivity contribution in [2.24, 2.45) is 7.05 Å². The maximum Gasteiger partial charge on any atom is 0.262 e. The minimum absolute atomic E-state index is 0.0745. The molecule has 2 heterocycles. The van der Waals surface area contributed by atoms with Crippen LogP contribution in [0, 0.1) is 0 Å². The number of ether oxygens (including phenoxy) is 3. The van der Waals surface area contributed by atoms with Gasteiger partial charge in [0.25, 0.3) is 5.91 Å². The van der Waals surface area contributed by atoms with Gasteiger partial charge in [0.2, 0.25) is 0 Å². The summed E-state index contributed by atoms with van der Waals surface area (Å²) in [5.41, 5.74) is 2.59. The number of carbonyl (C=O) groups excluding carboxylic acids is 1. The number of nitrogens with one attached hydrogen (secondary N) is 1. The van der Waals surface area contributed by atoms with Gasteiger partial charge in [0.15, 0.2) is 6.61 Å². The van der Waals surface area contributed by atoms with Crippen LogP contribution >= 0.6 is 0 Å². The fourth-order valence-electron chi connectivity index (χ4n) is 3.45. The summed E-state index contributed by atoms with van der Waals surface area (Å²) in [5.74, 6) is 2.12. The molecule has 0 bridgehead atoms. The summed E-state index contributed by atoms with van der Waals surface area (Å²) >= 11 is 0. The topological polar surface area (TPSA) is 77.8 Å². The van der Waals surface area contributed by atoms with Crippen molar-refractivity contribution in [2.75, 3.05) is 45.3 Å². The van der Waals surface area contributed by atoms with Crippen molar-refractivity contribution in [1.82, 2.24) is 14.5 Å². The van der Waals surface area contributed by atoms with Crippen LogP contribution in [0.15, 0.2) is 42.5 Å². The van der Waals surface area contributed by atoms with Gasteiger partial charge in [0.05, 0.1) is 37.9 Å². The number of amides is 1. The van der Waals surface area contributed by atoms with E-state index in [-0.39, 0.29) is 12.5 Å². The Morgan fingerprint density at radius 2 is 1.87 bits per heavy atom. The molecule has 1 aromatic heterocycles. The van der Waals surface area contributed by atoms with Crippen molar-refractivity contribution in [3.8, 4) is 11.5 Å². The molecule has 3 aromatic rings. The lowest BCUT2D eigenvalue weighted by Gasteiger charge is -2.26.